The molecule has 3 rings (SSSR count). The third kappa shape index (κ3) is 4.42. The first-order valence-corrected chi connectivity index (χ1v) is 9.33. The predicted octanol–water partition coefficient (Wildman–Crippen LogP) is 3.37. The summed E-state index contributed by atoms with van der Waals surface area (Å²) < 4.78 is 5.14. The third-order valence-corrected chi connectivity index (χ3v) is 5.31. The van der Waals surface area contributed by atoms with Gasteiger partial charge in [-0.2, -0.15) is 0 Å². The molecule has 0 aliphatic carbocycles. The molecule has 1 N–H and O–H groups in total. The molecule has 2 aromatic rings. The highest BCUT2D eigenvalue weighted by Crippen LogP contribution is 2.31. The largest absolute Gasteiger partial charge is 0.497 e. The normalized spacial score (nSPS) is 16.5. The van der Waals surface area contributed by atoms with Crippen LogP contribution in [0.4, 0.5) is 5.69 Å². The number of carbonyl (C=O) groups excluding carboxylic acids is 2. The standard InChI is InChI=1S/C21H23ClN2O3/c1-14-18(22)4-3-5-19(14)24-13-16(12-20(24)25)21(26)23-11-10-15-6-8-17(27-2)9-7-15/h3-9,16H,10-13H2,1-2H3,(H,23,26). The Balaban J connectivity index is 1.55. The quantitative estimate of drug-likeness (QED) is 0.828. The summed E-state index contributed by atoms with van der Waals surface area (Å²) in [5.41, 5.74) is 2.75. The summed E-state index contributed by atoms with van der Waals surface area (Å²) in [6.07, 6.45) is 0.952. The van der Waals surface area contributed by atoms with E-state index < -0.39 is 0 Å². The topological polar surface area (TPSA) is 58.6 Å². The zero-order chi connectivity index (χ0) is 19.4. The van der Waals surface area contributed by atoms with E-state index >= 15 is 0 Å². The maximum Gasteiger partial charge on any atom is 0.227 e. The van der Waals surface area contributed by atoms with Crippen molar-refractivity contribution in [3.63, 3.8) is 0 Å². The minimum Gasteiger partial charge on any atom is -0.497 e. The molecule has 0 aromatic heterocycles. The van der Waals surface area contributed by atoms with Gasteiger partial charge in [0.15, 0.2) is 0 Å². The number of nitrogens with zero attached hydrogens (tertiary/aromatic N) is 1. The van der Waals surface area contributed by atoms with Gasteiger partial charge in [-0.15, -0.1) is 0 Å². The Morgan fingerprint density at radius 3 is 2.70 bits per heavy atom. The van der Waals surface area contributed by atoms with Gasteiger partial charge in [-0.25, -0.2) is 0 Å². The Morgan fingerprint density at radius 1 is 1.26 bits per heavy atom. The Bertz CT molecular complexity index is 836. The summed E-state index contributed by atoms with van der Waals surface area (Å²) in [6, 6.07) is 13.2. The lowest BCUT2D eigenvalue weighted by molar-refractivity contribution is -0.126. The molecule has 1 aliphatic heterocycles. The molecule has 6 heteroatoms. The second-order valence-corrected chi connectivity index (χ2v) is 7.09. The lowest BCUT2D eigenvalue weighted by Gasteiger charge is -2.19. The van der Waals surface area contributed by atoms with Gasteiger partial charge in [0.2, 0.25) is 11.8 Å². The highest BCUT2D eigenvalue weighted by atomic mass is 35.5. The van der Waals surface area contributed by atoms with Crippen molar-refractivity contribution in [1.82, 2.24) is 5.32 Å². The van der Waals surface area contributed by atoms with Crippen molar-refractivity contribution in [3.05, 3.63) is 58.6 Å². The zero-order valence-electron chi connectivity index (χ0n) is 15.5. The number of nitrogens with one attached hydrogen (secondary N) is 1. The van der Waals surface area contributed by atoms with Gasteiger partial charge >= 0.3 is 0 Å². The number of hydrogen-bond donors (Lipinski definition) is 1. The number of benzene rings is 2. The van der Waals surface area contributed by atoms with Crippen LogP contribution in [0.25, 0.3) is 0 Å². The number of carbonyl (C=O) groups is 2. The molecule has 27 heavy (non-hydrogen) atoms. The highest BCUT2D eigenvalue weighted by Gasteiger charge is 2.35. The number of hydrogen-bond acceptors (Lipinski definition) is 3. The maximum absolute atomic E-state index is 12.5. The molecule has 1 saturated heterocycles. The summed E-state index contributed by atoms with van der Waals surface area (Å²) in [7, 11) is 1.63. The monoisotopic (exact) mass is 386 g/mol. The van der Waals surface area contributed by atoms with Gasteiger partial charge in [-0.1, -0.05) is 29.8 Å². The fraction of sp³-hybridized carbons (Fsp3) is 0.333. The van der Waals surface area contributed by atoms with Crippen molar-refractivity contribution in [2.75, 3.05) is 25.1 Å². The van der Waals surface area contributed by atoms with E-state index in [1.54, 1.807) is 18.1 Å². The number of amides is 2. The molecule has 2 amide bonds. The Kier molecular flexibility index (Phi) is 6.01. The Labute approximate surface area is 164 Å². The molecule has 0 spiro atoms. The first-order chi connectivity index (χ1) is 13.0. The lowest BCUT2D eigenvalue weighted by atomic mass is 10.1. The van der Waals surface area contributed by atoms with E-state index in [4.69, 9.17) is 16.3 Å². The Hall–Kier alpha value is -2.53. The molecule has 142 valence electrons. The first kappa shape index (κ1) is 19.2. The highest BCUT2D eigenvalue weighted by molar-refractivity contribution is 6.31. The van der Waals surface area contributed by atoms with Crippen LogP contribution in [0.5, 0.6) is 5.75 Å². The molecule has 0 bridgehead atoms. The molecule has 1 heterocycles. The second kappa shape index (κ2) is 8.44. The smallest absolute Gasteiger partial charge is 0.227 e. The Morgan fingerprint density at radius 2 is 2.00 bits per heavy atom. The summed E-state index contributed by atoms with van der Waals surface area (Å²) >= 11 is 6.16. The van der Waals surface area contributed by atoms with Gasteiger partial charge < -0.3 is 15.0 Å². The average Bonchev–Trinajstić information content (AvgIpc) is 3.06. The van der Waals surface area contributed by atoms with E-state index in [1.807, 2.05) is 43.3 Å². The number of rotatable bonds is 6. The maximum atomic E-state index is 12.5. The van der Waals surface area contributed by atoms with E-state index in [9.17, 15) is 9.59 Å². The molecule has 5 nitrogen and oxygen atoms in total. The van der Waals surface area contributed by atoms with E-state index in [-0.39, 0.29) is 24.2 Å². The van der Waals surface area contributed by atoms with E-state index in [2.05, 4.69) is 5.32 Å². The zero-order valence-corrected chi connectivity index (χ0v) is 16.3. The van der Waals surface area contributed by atoms with Crippen LogP contribution in [0.3, 0.4) is 0 Å². The molecule has 0 radical (unpaired) electrons. The average molecular weight is 387 g/mol. The van der Waals surface area contributed by atoms with Gasteiger partial charge in [-0.3, -0.25) is 9.59 Å². The molecule has 1 fully saturated rings. The molecule has 0 saturated carbocycles. The predicted molar refractivity (Wildman–Crippen MR) is 106 cm³/mol. The summed E-state index contributed by atoms with van der Waals surface area (Å²) in [5.74, 6) is 0.338. The SMILES string of the molecule is COc1ccc(CCNC(=O)C2CC(=O)N(c3cccc(Cl)c3C)C2)cc1. The van der Waals surface area contributed by atoms with Crippen LogP contribution < -0.4 is 15.0 Å². The van der Waals surface area contributed by atoms with Gasteiger partial charge in [0.25, 0.3) is 0 Å². The van der Waals surface area contributed by atoms with Crippen molar-refractivity contribution in [2.24, 2.45) is 5.92 Å². The van der Waals surface area contributed by atoms with Crippen LogP contribution in [0.15, 0.2) is 42.5 Å². The number of ether oxygens (including phenoxy) is 1. The number of anilines is 1. The van der Waals surface area contributed by atoms with Crippen LogP contribution >= 0.6 is 11.6 Å². The number of halogens is 1. The molecule has 1 atom stereocenters. The summed E-state index contributed by atoms with van der Waals surface area (Å²) in [5, 5.41) is 3.56. The van der Waals surface area contributed by atoms with Gasteiger partial charge in [-0.05, 0) is 48.7 Å². The van der Waals surface area contributed by atoms with Crippen LogP contribution in [-0.2, 0) is 16.0 Å². The summed E-state index contributed by atoms with van der Waals surface area (Å²) in [4.78, 5) is 26.5. The second-order valence-electron chi connectivity index (χ2n) is 6.68. The van der Waals surface area contributed by atoms with Crippen LogP contribution in [0, 0.1) is 12.8 Å². The van der Waals surface area contributed by atoms with Crippen molar-refractivity contribution in [1.29, 1.82) is 0 Å². The van der Waals surface area contributed by atoms with Crippen LogP contribution in [-0.4, -0.2) is 32.0 Å². The molecular formula is C21H23ClN2O3. The number of methoxy groups -OCH3 is 1. The minimum atomic E-state index is -0.341. The van der Waals surface area contributed by atoms with Gasteiger partial charge in [0.05, 0.1) is 13.0 Å². The molecular weight excluding hydrogens is 364 g/mol. The molecule has 1 unspecified atom stereocenters. The molecule has 1 aliphatic rings. The van der Waals surface area contributed by atoms with E-state index in [0.29, 0.717) is 18.1 Å². The van der Waals surface area contributed by atoms with E-state index in [1.165, 1.54) is 0 Å². The van der Waals surface area contributed by atoms with Crippen molar-refractivity contribution in [2.45, 2.75) is 19.8 Å². The fourth-order valence-electron chi connectivity index (χ4n) is 3.27. The van der Waals surface area contributed by atoms with Gasteiger partial charge in [0.1, 0.15) is 5.75 Å². The van der Waals surface area contributed by atoms with Crippen molar-refractivity contribution < 1.29 is 14.3 Å². The van der Waals surface area contributed by atoms with Crippen molar-refractivity contribution in [3.8, 4) is 5.75 Å². The van der Waals surface area contributed by atoms with Crippen LogP contribution in [0.2, 0.25) is 5.02 Å². The van der Waals surface area contributed by atoms with Crippen molar-refractivity contribution >= 4 is 29.1 Å². The van der Waals surface area contributed by atoms with Gasteiger partial charge in [0, 0.05) is 30.2 Å². The van der Waals surface area contributed by atoms with E-state index in [0.717, 1.165) is 29.0 Å². The minimum absolute atomic E-state index is 0.0457. The van der Waals surface area contributed by atoms with Crippen LogP contribution in [0.1, 0.15) is 17.5 Å². The lowest BCUT2D eigenvalue weighted by Crippen LogP contribution is -2.34. The summed E-state index contributed by atoms with van der Waals surface area (Å²) in [6.45, 7) is 2.80. The molecule has 2 aromatic carbocycles. The third-order valence-electron chi connectivity index (χ3n) is 4.90. The fourth-order valence-corrected chi connectivity index (χ4v) is 3.44. The first-order valence-electron chi connectivity index (χ1n) is 8.95.